The van der Waals surface area contributed by atoms with Crippen molar-refractivity contribution in [1.82, 2.24) is 14.6 Å². The van der Waals surface area contributed by atoms with E-state index in [1.807, 2.05) is 30.5 Å². The van der Waals surface area contributed by atoms with E-state index < -0.39 is 0 Å². The maximum Gasteiger partial charge on any atom is 0.198 e. The van der Waals surface area contributed by atoms with Crippen molar-refractivity contribution in [1.29, 1.82) is 0 Å². The lowest BCUT2D eigenvalue weighted by atomic mass is 10.1. The zero-order valence-corrected chi connectivity index (χ0v) is 10.4. The van der Waals surface area contributed by atoms with Gasteiger partial charge in [-0.05, 0) is 18.2 Å². The standard InChI is InChI=1S/C14H13N3O2/c1-19-12-7-4-8-17-14(12)15-13(16-17)9-10-5-2-3-6-11(10)18/h2-8,18H,9H2,1H3. The normalized spacial score (nSPS) is 10.8. The Morgan fingerprint density at radius 1 is 1.21 bits per heavy atom. The Morgan fingerprint density at radius 2 is 2.05 bits per heavy atom. The van der Waals surface area contributed by atoms with Crippen LogP contribution in [0.3, 0.4) is 0 Å². The topological polar surface area (TPSA) is 59.7 Å². The molecule has 2 heterocycles. The third-order valence-electron chi connectivity index (χ3n) is 2.93. The molecule has 0 aliphatic carbocycles. The molecule has 0 saturated heterocycles. The highest BCUT2D eigenvalue weighted by atomic mass is 16.5. The van der Waals surface area contributed by atoms with Gasteiger partial charge in [0, 0.05) is 18.2 Å². The van der Waals surface area contributed by atoms with Gasteiger partial charge in [-0.25, -0.2) is 9.50 Å². The first-order valence-corrected chi connectivity index (χ1v) is 5.93. The molecular formula is C14H13N3O2. The first-order chi connectivity index (χ1) is 9.28. The summed E-state index contributed by atoms with van der Waals surface area (Å²) in [5.41, 5.74) is 1.48. The van der Waals surface area contributed by atoms with Gasteiger partial charge in [0.05, 0.1) is 7.11 Å². The molecule has 0 atom stereocenters. The highest BCUT2D eigenvalue weighted by Crippen LogP contribution is 2.21. The fourth-order valence-corrected chi connectivity index (χ4v) is 1.99. The van der Waals surface area contributed by atoms with Crippen LogP contribution in [0.4, 0.5) is 0 Å². The molecule has 1 N–H and O–H groups in total. The van der Waals surface area contributed by atoms with Gasteiger partial charge >= 0.3 is 0 Å². The lowest BCUT2D eigenvalue weighted by molar-refractivity contribution is 0.416. The van der Waals surface area contributed by atoms with Crippen molar-refractivity contribution in [2.75, 3.05) is 7.11 Å². The molecule has 19 heavy (non-hydrogen) atoms. The maximum atomic E-state index is 9.76. The minimum atomic E-state index is 0.258. The summed E-state index contributed by atoms with van der Waals surface area (Å²) in [4.78, 5) is 4.44. The second-order valence-electron chi connectivity index (χ2n) is 4.18. The molecule has 2 aromatic heterocycles. The highest BCUT2D eigenvalue weighted by molar-refractivity contribution is 5.53. The molecule has 0 aliphatic heterocycles. The average Bonchev–Trinajstić information content (AvgIpc) is 2.83. The number of ether oxygens (including phenoxy) is 1. The molecule has 5 nitrogen and oxygen atoms in total. The first-order valence-electron chi connectivity index (χ1n) is 5.93. The van der Waals surface area contributed by atoms with E-state index in [9.17, 15) is 5.11 Å². The third-order valence-corrected chi connectivity index (χ3v) is 2.93. The summed E-state index contributed by atoms with van der Waals surface area (Å²) in [6.45, 7) is 0. The van der Waals surface area contributed by atoms with Crippen LogP contribution in [-0.4, -0.2) is 26.8 Å². The molecule has 0 radical (unpaired) electrons. The average molecular weight is 255 g/mol. The number of phenols is 1. The van der Waals surface area contributed by atoms with E-state index in [0.717, 1.165) is 5.56 Å². The number of benzene rings is 1. The number of aromatic nitrogens is 3. The fourth-order valence-electron chi connectivity index (χ4n) is 1.99. The van der Waals surface area contributed by atoms with Crippen molar-refractivity contribution in [3.05, 3.63) is 54.0 Å². The smallest absolute Gasteiger partial charge is 0.198 e. The summed E-state index contributed by atoms with van der Waals surface area (Å²) in [6, 6.07) is 10.9. The van der Waals surface area contributed by atoms with Crippen LogP contribution in [0.2, 0.25) is 0 Å². The zero-order valence-electron chi connectivity index (χ0n) is 10.4. The van der Waals surface area contributed by atoms with E-state index in [0.29, 0.717) is 23.6 Å². The predicted molar refractivity (Wildman–Crippen MR) is 70.5 cm³/mol. The number of fused-ring (bicyclic) bond motifs is 1. The van der Waals surface area contributed by atoms with Crippen molar-refractivity contribution in [2.24, 2.45) is 0 Å². The Bertz CT molecular complexity index is 722. The highest BCUT2D eigenvalue weighted by Gasteiger charge is 2.10. The minimum Gasteiger partial charge on any atom is -0.508 e. The SMILES string of the molecule is COc1cccn2nc(Cc3ccccc3O)nc12. The molecule has 0 fully saturated rings. The molecule has 0 saturated carbocycles. The Labute approximate surface area is 110 Å². The van der Waals surface area contributed by atoms with Crippen molar-refractivity contribution in [3.63, 3.8) is 0 Å². The maximum absolute atomic E-state index is 9.76. The molecular weight excluding hydrogens is 242 g/mol. The molecule has 0 spiro atoms. The molecule has 0 unspecified atom stereocenters. The van der Waals surface area contributed by atoms with Crippen molar-refractivity contribution in [2.45, 2.75) is 6.42 Å². The molecule has 0 bridgehead atoms. The number of pyridine rings is 1. The Hall–Kier alpha value is -2.56. The second kappa shape index (κ2) is 4.61. The van der Waals surface area contributed by atoms with Gasteiger partial charge in [-0.2, -0.15) is 5.10 Å². The molecule has 0 aliphatic rings. The number of aromatic hydroxyl groups is 1. The summed E-state index contributed by atoms with van der Waals surface area (Å²) in [5.74, 6) is 1.58. The number of para-hydroxylation sites is 1. The summed E-state index contributed by atoms with van der Waals surface area (Å²) in [5, 5.41) is 14.1. The van der Waals surface area contributed by atoms with E-state index >= 15 is 0 Å². The van der Waals surface area contributed by atoms with E-state index in [1.165, 1.54) is 0 Å². The van der Waals surface area contributed by atoms with Crippen LogP contribution in [0.25, 0.3) is 5.65 Å². The Balaban J connectivity index is 2.00. The van der Waals surface area contributed by atoms with Gasteiger partial charge in [0.2, 0.25) is 0 Å². The van der Waals surface area contributed by atoms with Gasteiger partial charge in [0.25, 0.3) is 0 Å². The van der Waals surface area contributed by atoms with Crippen LogP contribution in [0.1, 0.15) is 11.4 Å². The predicted octanol–water partition coefficient (Wildman–Crippen LogP) is 2.03. The van der Waals surface area contributed by atoms with E-state index in [4.69, 9.17) is 4.74 Å². The van der Waals surface area contributed by atoms with Gasteiger partial charge in [-0.3, -0.25) is 0 Å². The lowest BCUT2D eigenvalue weighted by Gasteiger charge is -1.99. The van der Waals surface area contributed by atoms with Crippen LogP contribution in [0.5, 0.6) is 11.5 Å². The van der Waals surface area contributed by atoms with E-state index in [1.54, 1.807) is 23.8 Å². The summed E-state index contributed by atoms with van der Waals surface area (Å²) < 4.78 is 6.92. The summed E-state index contributed by atoms with van der Waals surface area (Å²) >= 11 is 0. The second-order valence-corrected chi connectivity index (χ2v) is 4.18. The van der Waals surface area contributed by atoms with Gasteiger partial charge in [-0.1, -0.05) is 18.2 Å². The largest absolute Gasteiger partial charge is 0.508 e. The van der Waals surface area contributed by atoms with E-state index in [2.05, 4.69) is 10.1 Å². The Kier molecular flexibility index (Phi) is 2.79. The number of phenolic OH excluding ortho intramolecular Hbond substituents is 1. The number of nitrogens with zero attached hydrogens (tertiary/aromatic N) is 3. The third kappa shape index (κ3) is 2.10. The monoisotopic (exact) mass is 255 g/mol. The van der Waals surface area contributed by atoms with Gasteiger partial charge in [0.15, 0.2) is 17.2 Å². The molecule has 1 aromatic carbocycles. The minimum absolute atomic E-state index is 0.258. The lowest BCUT2D eigenvalue weighted by Crippen LogP contribution is -1.92. The van der Waals surface area contributed by atoms with Gasteiger partial charge < -0.3 is 9.84 Å². The van der Waals surface area contributed by atoms with Gasteiger partial charge in [-0.15, -0.1) is 0 Å². The van der Waals surface area contributed by atoms with Crippen molar-refractivity contribution < 1.29 is 9.84 Å². The number of methoxy groups -OCH3 is 1. The molecule has 96 valence electrons. The summed E-state index contributed by atoms with van der Waals surface area (Å²) in [6.07, 6.45) is 2.30. The number of rotatable bonds is 3. The van der Waals surface area contributed by atoms with Crippen LogP contribution in [-0.2, 0) is 6.42 Å². The number of hydrogen-bond donors (Lipinski definition) is 1. The van der Waals surface area contributed by atoms with Crippen LogP contribution in [0.15, 0.2) is 42.6 Å². The summed E-state index contributed by atoms with van der Waals surface area (Å²) in [7, 11) is 1.60. The van der Waals surface area contributed by atoms with E-state index in [-0.39, 0.29) is 5.75 Å². The van der Waals surface area contributed by atoms with Crippen LogP contribution >= 0.6 is 0 Å². The fraction of sp³-hybridized carbons (Fsp3) is 0.143. The van der Waals surface area contributed by atoms with Crippen LogP contribution < -0.4 is 4.74 Å². The molecule has 3 aromatic rings. The zero-order chi connectivity index (χ0) is 13.2. The van der Waals surface area contributed by atoms with Gasteiger partial charge in [0.1, 0.15) is 5.75 Å². The number of hydrogen-bond acceptors (Lipinski definition) is 4. The Morgan fingerprint density at radius 3 is 2.84 bits per heavy atom. The van der Waals surface area contributed by atoms with Crippen molar-refractivity contribution >= 4 is 5.65 Å². The van der Waals surface area contributed by atoms with Crippen LogP contribution in [0, 0.1) is 0 Å². The van der Waals surface area contributed by atoms with Crippen molar-refractivity contribution in [3.8, 4) is 11.5 Å². The molecule has 3 rings (SSSR count). The quantitative estimate of drug-likeness (QED) is 0.778. The molecule has 0 amide bonds. The molecule has 5 heteroatoms. The first kappa shape index (κ1) is 11.5.